The van der Waals surface area contributed by atoms with Crippen molar-refractivity contribution in [3.63, 3.8) is 0 Å². The average Bonchev–Trinajstić information content (AvgIpc) is 3.51. The Balaban J connectivity index is 1.51. The van der Waals surface area contributed by atoms with Crippen LogP contribution in [0, 0.1) is 15.5 Å². The number of thioether (sulfide) groups is 1. The molecule has 152 valence electrons. The summed E-state index contributed by atoms with van der Waals surface area (Å²) >= 11 is 1.15. The van der Waals surface area contributed by atoms with E-state index in [1.807, 2.05) is 0 Å². The van der Waals surface area contributed by atoms with Crippen molar-refractivity contribution >= 4 is 45.5 Å². The third-order valence-electron chi connectivity index (χ3n) is 4.58. The lowest BCUT2D eigenvalue weighted by atomic mass is 10.1. The number of amidine groups is 2. The van der Waals surface area contributed by atoms with Gasteiger partial charge in [0.05, 0.1) is 22.4 Å². The van der Waals surface area contributed by atoms with Gasteiger partial charge >= 0.3 is 0 Å². The highest BCUT2D eigenvalue weighted by molar-refractivity contribution is 8.27. The molecular formula is C20H12N6O4S. The second kappa shape index (κ2) is 7.22. The molecule has 31 heavy (non-hydrogen) atoms. The maximum absolute atomic E-state index is 12.6. The van der Waals surface area contributed by atoms with Crippen LogP contribution in [0.5, 0.6) is 0 Å². The predicted molar refractivity (Wildman–Crippen MR) is 115 cm³/mol. The van der Waals surface area contributed by atoms with Crippen LogP contribution in [0.3, 0.4) is 0 Å². The molecule has 0 atom stereocenters. The Kier molecular flexibility index (Phi) is 4.37. The Bertz CT molecular complexity index is 1340. The zero-order valence-corrected chi connectivity index (χ0v) is 16.4. The van der Waals surface area contributed by atoms with Gasteiger partial charge in [0.1, 0.15) is 0 Å². The molecule has 0 bridgehead atoms. The number of non-ortho nitro benzene ring substituents is 1. The van der Waals surface area contributed by atoms with Crippen LogP contribution >= 0.6 is 11.8 Å². The summed E-state index contributed by atoms with van der Waals surface area (Å²) in [4.78, 5) is 27.3. The first-order valence-electron chi connectivity index (χ1n) is 8.97. The number of hydrazone groups is 1. The number of furan rings is 1. The lowest BCUT2D eigenvalue weighted by Crippen LogP contribution is -2.35. The van der Waals surface area contributed by atoms with Crippen LogP contribution in [0.4, 0.5) is 5.69 Å². The van der Waals surface area contributed by atoms with E-state index < -0.39 is 10.8 Å². The summed E-state index contributed by atoms with van der Waals surface area (Å²) in [7, 11) is 0. The molecule has 0 radical (unpaired) electrons. The van der Waals surface area contributed by atoms with Crippen LogP contribution in [0.15, 0.2) is 81.1 Å². The molecule has 5 rings (SSSR count). The van der Waals surface area contributed by atoms with Crippen molar-refractivity contribution in [3.05, 3.63) is 88.1 Å². The SMILES string of the molecule is N=C1/C(=C\c2cccn2-c2cccc([N+](=O)[O-])c2)C(=O)N=C2SC(c3ccco3)=NN12. The topological polar surface area (TPSA) is 130 Å². The molecule has 10 nitrogen and oxygen atoms in total. The van der Waals surface area contributed by atoms with Crippen molar-refractivity contribution in [2.45, 2.75) is 0 Å². The fraction of sp³-hybridized carbons (Fsp3) is 0. The molecule has 0 saturated heterocycles. The summed E-state index contributed by atoms with van der Waals surface area (Å²) in [5.74, 6) is -0.158. The van der Waals surface area contributed by atoms with Gasteiger partial charge in [-0.05, 0) is 48.2 Å². The van der Waals surface area contributed by atoms with E-state index in [4.69, 9.17) is 9.83 Å². The molecule has 2 aromatic heterocycles. The molecule has 0 saturated carbocycles. The van der Waals surface area contributed by atoms with E-state index in [9.17, 15) is 14.9 Å². The smallest absolute Gasteiger partial charge is 0.283 e. The second-order valence-corrected chi connectivity index (χ2v) is 7.44. The largest absolute Gasteiger partial charge is 0.462 e. The number of nitrogens with zero attached hydrogens (tertiary/aromatic N) is 5. The Labute approximate surface area is 178 Å². The van der Waals surface area contributed by atoms with E-state index >= 15 is 0 Å². The standard InChI is InChI=1S/C20H12N6O4S/c21-17-15(18(27)22-20-25(17)23-19(31-20)16-7-3-9-30-16)11-13-6-2-8-24(13)12-4-1-5-14(10-12)26(28)29/h1-11,21H/b15-11+,21-17?. The molecule has 1 N–H and O–H groups in total. The zero-order valence-electron chi connectivity index (χ0n) is 15.6. The first kappa shape index (κ1) is 18.8. The molecule has 3 aromatic rings. The van der Waals surface area contributed by atoms with Gasteiger partial charge in [-0.25, -0.2) is 0 Å². The van der Waals surface area contributed by atoms with Crippen LogP contribution < -0.4 is 0 Å². The van der Waals surface area contributed by atoms with E-state index in [2.05, 4.69) is 10.1 Å². The fourth-order valence-corrected chi connectivity index (χ4v) is 4.00. The Morgan fingerprint density at radius 1 is 1.19 bits per heavy atom. The van der Waals surface area contributed by atoms with E-state index in [-0.39, 0.29) is 22.3 Å². The Morgan fingerprint density at radius 2 is 2.06 bits per heavy atom. The third-order valence-corrected chi connectivity index (χ3v) is 5.50. The normalized spacial score (nSPS) is 17.0. The monoisotopic (exact) mass is 432 g/mol. The lowest BCUT2D eigenvalue weighted by molar-refractivity contribution is -0.384. The van der Waals surface area contributed by atoms with Crippen LogP contribution in [0.25, 0.3) is 11.8 Å². The van der Waals surface area contributed by atoms with Crippen molar-refractivity contribution in [2.75, 3.05) is 0 Å². The quantitative estimate of drug-likeness (QED) is 0.380. The van der Waals surface area contributed by atoms with E-state index in [1.165, 1.54) is 29.5 Å². The lowest BCUT2D eigenvalue weighted by Gasteiger charge is -2.20. The summed E-state index contributed by atoms with van der Waals surface area (Å²) in [6, 6.07) is 13.1. The summed E-state index contributed by atoms with van der Waals surface area (Å²) in [6.07, 6.45) is 4.76. The molecule has 0 spiro atoms. The van der Waals surface area contributed by atoms with Crippen LogP contribution in [-0.2, 0) is 4.79 Å². The number of carbonyl (C=O) groups excluding carboxylic acids is 1. The average molecular weight is 432 g/mol. The molecule has 2 aliphatic heterocycles. The molecule has 0 aliphatic carbocycles. The summed E-state index contributed by atoms with van der Waals surface area (Å²) < 4.78 is 7.02. The first-order valence-corrected chi connectivity index (χ1v) is 9.79. The summed E-state index contributed by atoms with van der Waals surface area (Å²) in [6.45, 7) is 0. The second-order valence-electron chi connectivity index (χ2n) is 6.48. The van der Waals surface area contributed by atoms with Crippen molar-refractivity contribution in [1.82, 2.24) is 9.58 Å². The molecule has 2 aliphatic rings. The number of amides is 1. The molecule has 0 unspecified atom stereocenters. The van der Waals surface area contributed by atoms with Gasteiger partial charge in [0.25, 0.3) is 11.6 Å². The number of nitro benzene ring substituents is 1. The summed E-state index contributed by atoms with van der Waals surface area (Å²) in [5, 5.41) is 26.0. The minimum absolute atomic E-state index is 0.0468. The van der Waals surface area contributed by atoms with Crippen molar-refractivity contribution < 1.29 is 14.1 Å². The highest BCUT2D eigenvalue weighted by Crippen LogP contribution is 2.31. The maximum Gasteiger partial charge on any atom is 0.283 e. The number of hydrogen-bond donors (Lipinski definition) is 1. The van der Waals surface area contributed by atoms with Crippen molar-refractivity contribution in [3.8, 4) is 5.69 Å². The van der Waals surface area contributed by atoms with Gasteiger partial charge in [-0.1, -0.05) is 6.07 Å². The number of nitro groups is 1. The number of carbonyl (C=O) groups is 1. The minimum atomic E-state index is -0.563. The number of aliphatic imine (C=N–C) groups is 1. The number of aromatic nitrogens is 1. The summed E-state index contributed by atoms with van der Waals surface area (Å²) in [5.41, 5.74) is 1.13. The van der Waals surface area contributed by atoms with Gasteiger partial charge in [-0.15, -0.1) is 0 Å². The van der Waals surface area contributed by atoms with Gasteiger partial charge in [0.15, 0.2) is 16.6 Å². The van der Waals surface area contributed by atoms with Gasteiger partial charge in [-0.3, -0.25) is 20.3 Å². The van der Waals surface area contributed by atoms with Crippen LogP contribution in [0.2, 0.25) is 0 Å². The van der Waals surface area contributed by atoms with Crippen molar-refractivity contribution in [1.29, 1.82) is 5.41 Å². The third kappa shape index (κ3) is 3.26. The van der Waals surface area contributed by atoms with Gasteiger partial charge in [0.2, 0.25) is 5.17 Å². The number of nitrogens with one attached hydrogen (secondary N) is 1. The molecular weight excluding hydrogens is 420 g/mol. The molecule has 1 amide bonds. The number of hydrogen-bond acceptors (Lipinski definition) is 7. The van der Waals surface area contributed by atoms with Crippen LogP contribution in [-0.4, -0.2) is 36.5 Å². The molecule has 1 aromatic carbocycles. The number of benzene rings is 1. The predicted octanol–water partition coefficient (Wildman–Crippen LogP) is 3.65. The molecule has 11 heteroatoms. The zero-order chi connectivity index (χ0) is 21.5. The highest BCUT2D eigenvalue weighted by Gasteiger charge is 2.36. The number of fused-ring (bicyclic) bond motifs is 1. The van der Waals surface area contributed by atoms with Gasteiger partial charge < -0.3 is 8.98 Å². The fourth-order valence-electron chi connectivity index (χ4n) is 3.14. The number of rotatable bonds is 4. The van der Waals surface area contributed by atoms with Gasteiger partial charge in [-0.2, -0.15) is 15.1 Å². The molecule has 4 heterocycles. The van der Waals surface area contributed by atoms with Crippen molar-refractivity contribution in [2.24, 2.45) is 10.1 Å². The van der Waals surface area contributed by atoms with E-state index in [0.717, 1.165) is 11.8 Å². The molecule has 0 fully saturated rings. The Hall–Kier alpha value is -4.25. The van der Waals surface area contributed by atoms with Gasteiger partial charge in [0, 0.05) is 24.0 Å². The first-order chi connectivity index (χ1) is 15.0. The van der Waals surface area contributed by atoms with Crippen LogP contribution in [0.1, 0.15) is 11.5 Å². The Morgan fingerprint density at radius 3 is 2.84 bits per heavy atom. The minimum Gasteiger partial charge on any atom is -0.462 e. The highest BCUT2D eigenvalue weighted by atomic mass is 32.2. The van der Waals surface area contributed by atoms with E-state index in [0.29, 0.717) is 22.2 Å². The van der Waals surface area contributed by atoms with E-state index in [1.54, 1.807) is 47.2 Å². The maximum atomic E-state index is 12.6.